The number of rotatable bonds is 3. The minimum atomic E-state index is -0.372. The fourth-order valence-electron chi connectivity index (χ4n) is 1.81. The lowest BCUT2D eigenvalue weighted by molar-refractivity contribution is 0.0994. The van der Waals surface area contributed by atoms with Gasteiger partial charge in [0.2, 0.25) is 5.76 Å². The van der Waals surface area contributed by atoms with E-state index in [1.54, 1.807) is 17.6 Å². The number of para-hydroxylation sites is 1. The number of methoxy groups -OCH3 is 1. The number of fused-ring (bicyclic) bond motifs is 1. The van der Waals surface area contributed by atoms with Crippen LogP contribution < -0.4 is 10.1 Å². The van der Waals surface area contributed by atoms with Crippen LogP contribution in [0.1, 0.15) is 10.6 Å². The molecule has 19 heavy (non-hydrogen) atoms. The summed E-state index contributed by atoms with van der Waals surface area (Å²) in [4.78, 5) is 16.1. The molecule has 5 nitrogen and oxygen atoms in total. The van der Waals surface area contributed by atoms with E-state index in [-0.39, 0.29) is 11.7 Å². The van der Waals surface area contributed by atoms with E-state index in [1.165, 1.54) is 18.4 Å². The topological polar surface area (TPSA) is 64.4 Å². The lowest BCUT2D eigenvalue weighted by atomic mass is 10.2. The Hall–Kier alpha value is -2.34. The van der Waals surface area contributed by atoms with E-state index >= 15 is 0 Å². The number of amides is 1. The third-order valence-electron chi connectivity index (χ3n) is 2.61. The first-order chi connectivity index (χ1) is 9.29. The first-order valence-corrected chi connectivity index (χ1v) is 6.44. The molecule has 0 unspecified atom stereocenters. The van der Waals surface area contributed by atoms with Crippen molar-refractivity contribution in [2.45, 2.75) is 0 Å². The molecule has 0 spiro atoms. The van der Waals surface area contributed by atoms with Crippen molar-refractivity contribution in [1.29, 1.82) is 0 Å². The van der Waals surface area contributed by atoms with Gasteiger partial charge in [-0.25, -0.2) is 4.98 Å². The van der Waals surface area contributed by atoms with Crippen molar-refractivity contribution in [1.82, 2.24) is 4.98 Å². The first kappa shape index (κ1) is 11.7. The number of carbonyl (C=O) groups is 1. The summed E-state index contributed by atoms with van der Waals surface area (Å²) in [7, 11) is 1.51. The molecular formula is C13H10N2O3S. The van der Waals surface area contributed by atoms with Crippen molar-refractivity contribution >= 4 is 33.3 Å². The number of hydrogen-bond acceptors (Lipinski definition) is 5. The highest BCUT2D eigenvalue weighted by Gasteiger charge is 2.21. The molecule has 0 aliphatic heterocycles. The van der Waals surface area contributed by atoms with Crippen molar-refractivity contribution in [3.05, 3.63) is 41.6 Å². The standard InChI is InChI=1S/C13H10N2O3S/c1-17-10-8-4-2-3-5-9(8)18-11(10)12(16)15-13-14-6-7-19-13/h2-7H,1H3,(H,14,15,16). The number of furan rings is 1. The minimum Gasteiger partial charge on any atom is -0.492 e. The Bertz CT molecular complexity index is 719. The summed E-state index contributed by atoms with van der Waals surface area (Å²) >= 11 is 1.34. The SMILES string of the molecule is COc1c(C(=O)Nc2nccs2)oc2ccccc12. The van der Waals surface area contributed by atoms with Crippen LogP contribution in [0.3, 0.4) is 0 Å². The van der Waals surface area contributed by atoms with Crippen LogP contribution in [0, 0.1) is 0 Å². The molecule has 3 rings (SSSR count). The molecule has 0 saturated heterocycles. The van der Waals surface area contributed by atoms with Gasteiger partial charge in [0.25, 0.3) is 5.91 Å². The molecular weight excluding hydrogens is 264 g/mol. The smallest absolute Gasteiger partial charge is 0.297 e. The minimum absolute atomic E-state index is 0.152. The van der Waals surface area contributed by atoms with Crippen molar-refractivity contribution in [3.63, 3.8) is 0 Å². The van der Waals surface area contributed by atoms with Gasteiger partial charge < -0.3 is 9.15 Å². The van der Waals surface area contributed by atoms with Gasteiger partial charge in [-0.15, -0.1) is 11.3 Å². The lowest BCUT2D eigenvalue weighted by Crippen LogP contribution is -2.11. The molecule has 0 fully saturated rings. The number of anilines is 1. The number of nitrogens with zero attached hydrogens (tertiary/aromatic N) is 1. The number of thiazole rings is 1. The van der Waals surface area contributed by atoms with Crippen LogP contribution in [0.25, 0.3) is 11.0 Å². The van der Waals surface area contributed by atoms with Gasteiger partial charge in [0.1, 0.15) is 5.58 Å². The van der Waals surface area contributed by atoms with E-state index in [9.17, 15) is 4.79 Å². The second kappa shape index (κ2) is 4.74. The van der Waals surface area contributed by atoms with Crippen LogP contribution in [-0.2, 0) is 0 Å². The van der Waals surface area contributed by atoms with Gasteiger partial charge in [0.05, 0.1) is 12.5 Å². The molecule has 2 aromatic heterocycles. The Morgan fingerprint density at radius 2 is 2.26 bits per heavy atom. The van der Waals surface area contributed by atoms with Gasteiger partial charge in [-0.05, 0) is 12.1 Å². The third kappa shape index (κ3) is 2.06. The summed E-state index contributed by atoms with van der Waals surface area (Å²) in [5.74, 6) is 0.214. The normalized spacial score (nSPS) is 10.6. The van der Waals surface area contributed by atoms with Crippen molar-refractivity contribution in [2.75, 3.05) is 12.4 Å². The van der Waals surface area contributed by atoms with E-state index in [0.717, 1.165) is 5.39 Å². The Labute approximate surface area is 112 Å². The summed E-state index contributed by atoms with van der Waals surface area (Å²) in [5, 5.41) is 5.75. The quantitative estimate of drug-likeness (QED) is 0.796. The van der Waals surface area contributed by atoms with Gasteiger partial charge in [0, 0.05) is 11.6 Å². The average molecular weight is 274 g/mol. The molecule has 96 valence electrons. The molecule has 3 aromatic rings. The molecule has 1 N–H and O–H groups in total. The highest BCUT2D eigenvalue weighted by Crippen LogP contribution is 2.33. The average Bonchev–Trinajstić information content (AvgIpc) is 3.04. The van der Waals surface area contributed by atoms with Crippen molar-refractivity contribution in [2.24, 2.45) is 0 Å². The molecule has 2 heterocycles. The van der Waals surface area contributed by atoms with E-state index in [0.29, 0.717) is 16.5 Å². The highest BCUT2D eigenvalue weighted by atomic mass is 32.1. The predicted molar refractivity (Wildman–Crippen MR) is 72.8 cm³/mol. The number of nitrogens with one attached hydrogen (secondary N) is 1. The molecule has 0 aliphatic rings. The van der Waals surface area contributed by atoms with Gasteiger partial charge in [0.15, 0.2) is 10.9 Å². The number of carbonyl (C=O) groups excluding carboxylic acids is 1. The fourth-order valence-corrected chi connectivity index (χ4v) is 2.34. The molecule has 6 heteroatoms. The van der Waals surface area contributed by atoms with Crippen LogP contribution in [0.15, 0.2) is 40.3 Å². The molecule has 0 radical (unpaired) electrons. The van der Waals surface area contributed by atoms with Gasteiger partial charge in [-0.3, -0.25) is 10.1 Å². The maximum Gasteiger partial charge on any atom is 0.297 e. The summed E-state index contributed by atoms with van der Waals surface area (Å²) in [5.41, 5.74) is 0.614. The van der Waals surface area contributed by atoms with Gasteiger partial charge in [-0.1, -0.05) is 12.1 Å². The maximum absolute atomic E-state index is 12.1. The zero-order valence-electron chi connectivity index (χ0n) is 10.0. The van der Waals surface area contributed by atoms with Crippen LogP contribution in [0.4, 0.5) is 5.13 Å². The van der Waals surface area contributed by atoms with Crippen LogP contribution >= 0.6 is 11.3 Å². The first-order valence-electron chi connectivity index (χ1n) is 5.56. The molecule has 0 aliphatic carbocycles. The number of hydrogen-bond donors (Lipinski definition) is 1. The molecule has 1 aromatic carbocycles. The Morgan fingerprint density at radius 3 is 3.00 bits per heavy atom. The highest BCUT2D eigenvalue weighted by molar-refractivity contribution is 7.13. The zero-order chi connectivity index (χ0) is 13.2. The summed E-state index contributed by atoms with van der Waals surface area (Å²) in [6, 6.07) is 7.34. The summed E-state index contributed by atoms with van der Waals surface area (Å²) in [6.07, 6.45) is 1.62. The monoisotopic (exact) mass is 274 g/mol. The predicted octanol–water partition coefficient (Wildman–Crippen LogP) is 3.15. The molecule has 1 amide bonds. The van der Waals surface area contributed by atoms with E-state index in [4.69, 9.17) is 9.15 Å². The lowest BCUT2D eigenvalue weighted by Gasteiger charge is -2.01. The van der Waals surface area contributed by atoms with Crippen molar-refractivity contribution in [3.8, 4) is 5.75 Å². The zero-order valence-corrected chi connectivity index (χ0v) is 10.9. The second-order valence-corrected chi connectivity index (χ2v) is 4.65. The van der Waals surface area contributed by atoms with E-state index in [1.807, 2.05) is 18.2 Å². The summed E-state index contributed by atoms with van der Waals surface area (Å²) in [6.45, 7) is 0. The summed E-state index contributed by atoms with van der Waals surface area (Å²) < 4.78 is 10.8. The molecule has 0 saturated carbocycles. The van der Waals surface area contributed by atoms with Crippen LogP contribution in [-0.4, -0.2) is 18.0 Å². The molecule has 0 bridgehead atoms. The fraction of sp³-hybridized carbons (Fsp3) is 0.0769. The van der Waals surface area contributed by atoms with Gasteiger partial charge in [-0.2, -0.15) is 0 Å². The number of aromatic nitrogens is 1. The van der Waals surface area contributed by atoms with Crippen LogP contribution in [0.5, 0.6) is 5.75 Å². The Balaban J connectivity index is 2.02. The largest absolute Gasteiger partial charge is 0.492 e. The number of benzene rings is 1. The second-order valence-electron chi connectivity index (χ2n) is 3.75. The molecule has 0 atom stereocenters. The van der Waals surface area contributed by atoms with Gasteiger partial charge >= 0.3 is 0 Å². The Kier molecular flexibility index (Phi) is 2.92. The van der Waals surface area contributed by atoms with Crippen molar-refractivity contribution < 1.29 is 13.9 Å². The van der Waals surface area contributed by atoms with E-state index < -0.39 is 0 Å². The van der Waals surface area contributed by atoms with E-state index in [2.05, 4.69) is 10.3 Å². The maximum atomic E-state index is 12.1. The third-order valence-corrected chi connectivity index (χ3v) is 3.30. The number of ether oxygens (including phenoxy) is 1. The Morgan fingerprint density at radius 1 is 1.42 bits per heavy atom. The van der Waals surface area contributed by atoms with Crippen LogP contribution in [0.2, 0.25) is 0 Å².